The Balaban J connectivity index is 2.08. The molecule has 8 nitrogen and oxygen atoms in total. The van der Waals surface area contributed by atoms with Gasteiger partial charge in [0.25, 0.3) is 5.69 Å². The second kappa shape index (κ2) is 12.8. The Morgan fingerprint density at radius 3 is 2.45 bits per heavy atom. The normalized spacial score (nSPS) is 12.5. The molecule has 2 atom stereocenters. The van der Waals surface area contributed by atoms with Crippen LogP contribution in [-0.4, -0.2) is 46.6 Å². The van der Waals surface area contributed by atoms with Gasteiger partial charge in [0.05, 0.1) is 17.8 Å². The van der Waals surface area contributed by atoms with Crippen LogP contribution in [0.2, 0.25) is 0 Å². The number of thioether (sulfide) groups is 1. The van der Waals surface area contributed by atoms with E-state index in [9.17, 15) is 19.7 Å². The monoisotopic (exact) mass is 473 g/mol. The highest BCUT2D eigenvalue weighted by molar-refractivity contribution is 7.99. The number of hydrogen-bond donors (Lipinski definition) is 1. The Kier molecular flexibility index (Phi) is 10.2. The second-order valence-corrected chi connectivity index (χ2v) is 8.77. The zero-order valence-corrected chi connectivity index (χ0v) is 20.3. The molecule has 178 valence electrons. The molecule has 0 aliphatic carbocycles. The number of methoxy groups -OCH3 is 1. The molecule has 9 heteroatoms. The molecule has 2 aromatic rings. The third kappa shape index (κ3) is 8.09. The van der Waals surface area contributed by atoms with Gasteiger partial charge in [0.2, 0.25) is 11.8 Å². The lowest BCUT2D eigenvalue weighted by molar-refractivity contribution is -0.384. The van der Waals surface area contributed by atoms with Gasteiger partial charge >= 0.3 is 0 Å². The maximum absolute atomic E-state index is 13.1. The molecule has 0 fully saturated rings. The molecule has 2 unspecified atom stereocenters. The number of benzene rings is 2. The summed E-state index contributed by atoms with van der Waals surface area (Å²) >= 11 is 1.41. The minimum atomic E-state index is -0.641. The second-order valence-electron chi connectivity index (χ2n) is 7.78. The minimum absolute atomic E-state index is 0.0187. The van der Waals surface area contributed by atoms with Gasteiger partial charge in [-0.25, -0.2) is 0 Å². The van der Waals surface area contributed by atoms with E-state index in [1.807, 2.05) is 38.1 Å². The smallest absolute Gasteiger partial charge is 0.269 e. The minimum Gasteiger partial charge on any atom is -0.497 e. The molecule has 0 saturated carbocycles. The van der Waals surface area contributed by atoms with Gasteiger partial charge in [0, 0.05) is 30.5 Å². The van der Waals surface area contributed by atoms with Crippen molar-refractivity contribution in [3.05, 3.63) is 69.8 Å². The van der Waals surface area contributed by atoms with E-state index >= 15 is 0 Å². The average molecular weight is 474 g/mol. The summed E-state index contributed by atoms with van der Waals surface area (Å²) in [5, 5.41) is 13.7. The number of carbonyl (C=O) groups is 2. The number of nitrogens with one attached hydrogen (secondary N) is 1. The number of nitro groups is 1. The van der Waals surface area contributed by atoms with Crippen molar-refractivity contribution in [3.8, 4) is 5.75 Å². The van der Waals surface area contributed by atoms with Gasteiger partial charge in [0.15, 0.2) is 0 Å². The van der Waals surface area contributed by atoms with Crippen molar-refractivity contribution in [2.45, 2.75) is 51.6 Å². The van der Waals surface area contributed by atoms with Crippen LogP contribution in [-0.2, 0) is 21.9 Å². The van der Waals surface area contributed by atoms with Crippen LogP contribution in [0.5, 0.6) is 5.75 Å². The first kappa shape index (κ1) is 26.2. The summed E-state index contributed by atoms with van der Waals surface area (Å²) in [6, 6.07) is 13.1. The summed E-state index contributed by atoms with van der Waals surface area (Å²) in [7, 11) is 1.58. The number of non-ortho nitro benzene ring substituents is 1. The quantitative estimate of drug-likeness (QED) is 0.367. The lowest BCUT2D eigenvalue weighted by Crippen LogP contribution is -2.50. The molecular weight excluding hydrogens is 442 g/mol. The van der Waals surface area contributed by atoms with Crippen molar-refractivity contribution in [3.63, 3.8) is 0 Å². The van der Waals surface area contributed by atoms with Gasteiger partial charge in [-0.05, 0) is 43.5 Å². The Morgan fingerprint density at radius 1 is 1.15 bits per heavy atom. The van der Waals surface area contributed by atoms with E-state index in [0.717, 1.165) is 17.5 Å². The number of hydrogen-bond acceptors (Lipinski definition) is 6. The summed E-state index contributed by atoms with van der Waals surface area (Å²) < 4.78 is 5.28. The predicted molar refractivity (Wildman–Crippen MR) is 130 cm³/mol. The maximum Gasteiger partial charge on any atom is 0.269 e. The summed E-state index contributed by atoms with van der Waals surface area (Å²) in [6.07, 6.45) is 0.799. The topological polar surface area (TPSA) is 102 Å². The number of rotatable bonds is 12. The number of nitrogens with zero attached hydrogens (tertiary/aromatic N) is 2. The first-order valence-electron chi connectivity index (χ1n) is 10.8. The molecule has 33 heavy (non-hydrogen) atoms. The zero-order valence-electron chi connectivity index (χ0n) is 19.4. The third-order valence-corrected chi connectivity index (χ3v) is 6.29. The van der Waals surface area contributed by atoms with Crippen molar-refractivity contribution in [1.82, 2.24) is 10.2 Å². The molecule has 0 bridgehead atoms. The summed E-state index contributed by atoms with van der Waals surface area (Å²) in [6.45, 7) is 5.93. The van der Waals surface area contributed by atoms with Crippen LogP contribution in [0, 0.1) is 10.1 Å². The molecular formula is C24H31N3O5S. The number of nitro benzene ring substituents is 1. The maximum atomic E-state index is 13.1. The van der Waals surface area contributed by atoms with E-state index in [0.29, 0.717) is 11.5 Å². The fraction of sp³-hybridized carbons (Fsp3) is 0.417. The summed E-state index contributed by atoms with van der Waals surface area (Å²) in [4.78, 5) is 37.8. The SMILES string of the molecule is CCC(C)NC(=O)C(C)N(Cc1cccc(OC)c1)C(=O)CSCc1ccc([N+](=O)[O-])cc1. The molecule has 1 N–H and O–H groups in total. The summed E-state index contributed by atoms with van der Waals surface area (Å²) in [5.41, 5.74) is 1.79. The molecule has 2 aromatic carbocycles. The molecule has 2 amide bonds. The number of carbonyl (C=O) groups excluding carboxylic acids is 2. The molecule has 0 spiro atoms. The highest BCUT2D eigenvalue weighted by atomic mass is 32.2. The van der Waals surface area contributed by atoms with E-state index in [-0.39, 0.29) is 35.8 Å². The molecule has 0 aromatic heterocycles. The highest BCUT2D eigenvalue weighted by Crippen LogP contribution is 2.20. The van der Waals surface area contributed by atoms with Crippen molar-refractivity contribution < 1.29 is 19.2 Å². The van der Waals surface area contributed by atoms with Crippen LogP contribution in [0.3, 0.4) is 0 Å². The number of amides is 2. The van der Waals surface area contributed by atoms with E-state index < -0.39 is 11.0 Å². The van der Waals surface area contributed by atoms with E-state index in [2.05, 4.69) is 5.32 Å². The van der Waals surface area contributed by atoms with Crippen molar-refractivity contribution >= 4 is 29.3 Å². The predicted octanol–water partition coefficient (Wildman–Crippen LogP) is 4.17. The first-order valence-corrected chi connectivity index (χ1v) is 11.9. The van der Waals surface area contributed by atoms with E-state index in [4.69, 9.17) is 4.74 Å². The Labute approximate surface area is 198 Å². The van der Waals surface area contributed by atoms with Crippen molar-refractivity contribution in [1.29, 1.82) is 0 Å². The van der Waals surface area contributed by atoms with Crippen LogP contribution >= 0.6 is 11.8 Å². The largest absolute Gasteiger partial charge is 0.497 e. The average Bonchev–Trinajstić information content (AvgIpc) is 2.82. The third-order valence-electron chi connectivity index (χ3n) is 5.30. The summed E-state index contributed by atoms with van der Waals surface area (Å²) in [5.74, 6) is 1.05. The first-order chi connectivity index (χ1) is 15.7. The van der Waals surface area contributed by atoms with Gasteiger partial charge in [-0.3, -0.25) is 19.7 Å². The van der Waals surface area contributed by atoms with Crippen LogP contribution in [0.1, 0.15) is 38.3 Å². The van der Waals surface area contributed by atoms with Crippen LogP contribution in [0.4, 0.5) is 5.69 Å². The Hall–Kier alpha value is -3.07. The van der Waals surface area contributed by atoms with Crippen LogP contribution in [0.25, 0.3) is 0 Å². The molecule has 0 heterocycles. The van der Waals surface area contributed by atoms with Crippen molar-refractivity contribution in [2.75, 3.05) is 12.9 Å². The Bertz CT molecular complexity index is 951. The lowest BCUT2D eigenvalue weighted by Gasteiger charge is -2.29. The van der Waals surface area contributed by atoms with E-state index in [1.165, 1.54) is 23.9 Å². The molecule has 0 saturated heterocycles. The fourth-order valence-corrected chi connectivity index (χ4v) is 3.94. The van der Waals surface area contributed by atoms with Crippen molar-refractivity contribution in [2.24, 2.45) is 0 Å². The van der Waals surface area contributed by atoms with E-state index in [1.54, 1.807) is 31.1 Å². The van der Waals surface area contributed by atoms with Gasteiger partial charge < -0.3 is 15.0 Å². The van der Waals surface area contributed by atoms with Gasteiger partial charge in [0.1, 0.15) is 11.8 Å². The Morgan fingerprint density at radius 2 is 1.85 bits per heavy atom. The fourth-order valence-electron chi connectivity index (χ4n) is 3.07. The molecule has 0 radical (unpaired) electrons. The molecule has 0 aliphatic heterocycles. The van der Waals surface area contributed by atoms with Crippen LogP contribution < -0.4 is 10.1 Å². The van der Waals surface area contributed by atoms with Gasteiger partial charge in [-0.15, -0.1) is 11.8 Å². The van der Waals surface area contributed by atoms with Gasteiger partial charge in [-0.2, -0.15) is 0 Å². The standard InChI is InChI=1S/C24H31N3O5S/c1-5-17(2)25-24(29)18(3)26(14-20-7-6-8-22(13-20)32-4)23(28)16-33-15-19-9-11-21(12-10-19)27(30)31/h6-13,17-18H,5,14-16H2,1-4H3,(H,25,29). The molecule has 0 aliphatic rings. The van der Waals surface area contributed by atoms with Gasteiger partial charge in [-0.1, -0.05) is 31.2 Å². The zero-order chi connectivity index (χ0) is 24.4. The van der Waals surface area contributed by atoms with Crippen LogP contribution in [0.15, 0.2) is 48.5 Å². The molecule has 2 rings (SSSR count). The lowest BCUT2D eigenvalue weighted by atomic mass is 10.1. The highest BCUT2D eigenvalue weighted by Gasteiger charge is 2.26. The number of ether oxygens (including phenoxy) is 1.